The summed E-state index contributed by atoms with van der Waals surface area (Å²) in [5, 5.41) is 0. The average molecular weight is 194 g/mol. The molecule has 0 atom stereocenters. The Morgan fingerprint density at radius 1 is 1.57 bits per heavy atom. The fraction of sp³-hybridized carbons (Fsp3) is 0.333. The molecule has 0 fully saturated rings. The molecular weight excluding hydrogens is 179 g/mol. The van der Waals surface area contributed by atoms with E-state index in [1.807, 2.05) is 12.2 Å². The molecule has 0 saturated carbocycles. The lowest BCUT2D eigenvalue weighted by Crippen LogP contribution is -1.90. The molecule has 0 aliphatic heterocycles. The fourth-order valence-corrected chi connectivity index (χ4v) is 1.31. The molecule has 2 heteroatoms. The zero-order valence-electron chi connectivity index (χ0n) is 8.42. The standard InChI is InChI=1S/C12H15FO/c1-3-11-6-4-5-10(7-8-14-2)9-12(11)13/h3,5-6,9H,1,4,7-8H2,2H3. The largest absolute Gasteiger partial charge is 0.384 e. The molecule has 76 valence electrons. The Kier molecular flexibility index (Phi) is 4.33. The van der Waals surface area contributed by atoms with Gasteiger partial charge in [-0.05, 0) is 24.5 Å². The number of halogens is 1. The third-order valence-corrected chi connectivity index (χ3v) is 2.12. The number of methoxy groups -OCH3 is 1. The molecule has 0 N–H and O–H groups in total. The summed E-state index contributed by atoms with van der Waals surface area (Å²) in [6, 6.07) is 0. The summed E-state index contributed by atoms with van der Waals surface area (Å²) < 4.78 is 18.4. The fourth-order valence-electron chi connectivity index (χ4n) is 1.31. The van der Waals surface area contributed by atoms with Crippen LogP contribution in [0.4, 0.5) is 4.39 Å². The van der Waals surface area contributed by atoms with E-state index in [0.717, 1.165) is 18.4 Å². The van der Waals surface area contributed by atoms with Crippen molar-refractivity contribution in [1.82, 2.24) is 0 Å². The molecule has 1 aliphatic carbocycles. The van der Waals surface area contributed by atoms with Crippen molar-refractivity contribution in [1.29, 1.82) is 0 Å². The van der Waals surface area contributed by atoms with Gasteiger partial charge in [0.25, 0.3) is 0 Å². The quantitative estimate of drug-likeness (QED) is 0.667. The van der Waals surface area contributed by atoms with Crippen LogP contribution in [0.5, 0.6) is 0 Å². The van der Waals surface area contributed by atoms with Gasteiger partial charge in [0.2, 0.25) is 0 Å². The summed E-state index contributed by atoms with van der Waals surface area (Å²) in [5.74, 6) is -0.208. The first-order chi connectivity index (χ1) is 6.77. The topological polar surface area (TPSA) is 9.23 Å². The van der Waals surface area contributed by atoms with Crippen LogP contribution in [0.1, 0.15) is 12.8 Å². The van der Waals surface area contributed by atoms with Gasteiger partial charge in [-0.15, -0.1) is 0 Å². The monoisotopic (exact) mass is 194 g/mol. The van der Waals surface area contributed by atoms with Gasteiger partial charge in [-0.25, -0.2) is 4.39 Å². The van der Waals surface area contributed by atoms with Crippen molar-refractivity contribution in [3.05, 3.63) is 47.9 Å². The van der Waals surface area contributed by atoms with E-state index in [1.165, 1.54) is 0 Å². The van der Waals surface area contributed by atoms with Crippen molar-refractivity contribution in [3.63, 3.8) is 0 Å². The summed E-state index contributed by atoms with van der Waals surface area (Å²) in [5.41, 5.74) is 1.56. The second-order valence-electron chi connectivity index (χ2n) is 3.11. The number of allylic oxidation sites excluding steroid dienone is 6. The van der Waals surface area contributed by atoms with Crippen molar-refractivity contribution in [2.45, 2.75) is 12.8 Å². The maximum atomic E-state index is 13.4. The molecule has 0 aromatic rings. The Balaban J connectivity index is 2.70. The molecule has 0 aromatic carbocycles. The van der Waals surface area contributed by atoms with Gasteiger partial charge >= 0.3 is 0 Å². The van der Waals surface area contributed by atoms with Crippen molar-refractivity contribution in [3.8, 4) is 0 Å². The highest BCUT2D eigenvalue weighted by Crippen LogP contribution is 2.21. The first-order valence-electron chi connectivity index (χ1n) is 4.66. The minimum absolute atomic E-state index is 0.208. The van der Waals surface area contributed by atoms with E-state index in [-0.39, 0.29) is 5.83 Å². The van der Waals surface area contributed by atoms with Gasteiger partial charge in [-0.3, -0.25) is 0 Å². The Morgan fingerprint density at radius 3 is 3.00 bits per heavy atom. The lowest BCUT2D eigenvalue weighted by atomic mass is 10.1. The number of ether oxygens (including phenoxy) is 1. The van der Waals surface area contributed by atoms with Crippen LogP contribution >= 0.6 is 0 Å². The van der Waals surface area contributed by atoms with Crippen LogP contribution in [0.2, 0.25) is 0 Å². The van der Waals surface area contributed by atoms with E-state index in [0.29, 0.717) is 12.2 Å². The van der Waals surface area contributed by atoms with Crippen molar-refractivity contribution < 1.29 is 9.13 Å². The molecule has 14 heavy (non-hydrogen) atoms. The predicted octanol–water partition coefficient (Wildman–Crippen LogP) is 3.32. The highest BCUT2D eigenvalue weighted by atomic mass is 19.1. The van der Waals surface area contributed by atoms with Gasteiger partial charge in [0, 0.05) is 12.7 Å². The molecule has 1 nitrogen and oxygen atoms in total. The zero-order valence-corrected chi connectivity index (χ0v) is 8.42. The first kappa shape index (κ1) is 10.9. The van der Waals surface area contributed by atoms with Gasteiger partial charge < -0.3 is 4.74 Å². The predicted molar refractivity (Wildman–Crippen MR) is 56.7 cm³/mol. The Morgan fingerprint density at radius 2 is 2.36 bits per heavy atom. The molecule has 0 spiro atoms. The van der Waals surface area contributed by atoms with Crippen LogP contribution in [-0.2, 0) is 4.74 Å². The molecule has 0 aromatic heterocycles. The molecule has 1 aliphatic rings. The maximum absolute atomic E-state index is 13.4. The van der Waals surface area contributed by atoms with Crippen LogP contribution in [0, 0.1) is 0 Å². The Bertz CT molecular complexity index is 297. The van der Waals surface area contributed by atoms with E-state index in [4.69, 9.17) is 4.74 Å². The molecule has 0 amide bonds. The van der Waals surface area contributed by atoms with Crippen LogP contribution < -0.4 is 0 Å². The van der Waals surface area contributed by atoms with Gasteiger partial charge in [-0.1, -0.05) is 24.8 Å². The second-order valence-corrected chi connectivity index (χ2v) is 3.11. The van der Waals surface area contributed by atoms with Crippen molar-refractivity contribution in [2.24, 2.45) is 0 Å². The van der Waals surface area contributed by atoms with Crippen molar-refractivity contribution >= 4 is 0 Å². The van der Waals surface area contributed by atoms with E-state index >= 15 is 0 Å². The minimum Gasteiger partial charge on any atom is -0.384 e. The Labute approximate surface area is 84.3 Å². The van der Waals surface area contributed by atoms with E-state index in [1.54, 1.807) is 19.3 Å². The zero-order chi connectivity index (χ0) is 10.4. The summed E-state index contributed by atoms with van der Waals surface area (Å²) >= 11 is 0. The third-order valence-electron chi connectivity index (χ3n) is 2.12. The van der Waals surface area contributed by atoms with Crippen molar-refractivity contribution in [2.75, 3.05) is 13.7 Å². The van der Waals surface area contributed by atoms with Gasteiger partial charge in [0.1, 0.15) is 5.83 Å². The molecule has 1 rings (SSSR count). The minimum atomic E-state index is -0.208. The van der Waals surface area contributed by atoms with Crippen LogP contribution in [0.15, 0.2) is 47.9 Å². The van der Waals surface area contributed by atoms with Gasteiger partial charge in [0.15, 0.2) is 0 Å². The molecule has 0 saturated heterocycles. The highest BCUT2D eigenvalue weighted by molar-refractivity contribution is 5.41. The third kappa shape index (κ3) is 2.96. The second kappa shape index (κ2) is 5.55. The number of rotatable bonds is 4. The van der Waals surface area contributed by atoms with Gasteiger partial charge in [-0.2, -0.15) is 0 Å². The first-order valence-corrected chi connectivity index (χ1v) is 4.66. The Hall–Kier alpha value is -1.15. The molecule has 0 heterocycles. The summed E-state index contributed by atoms with van der Waals surface area (Å²) in [6.45, 7) is 4.19. The lowest BCUT2D eigenvalue weighted by molar-refractivity contribution is 0.202. The maximum Gasteiger partial charge on any atom is 0.130 e. The molecule has 0 bridgehead atoms. The average Bonchev–Trinajstić information content (AvgIpc) is 2.36. The van der Waals surface area contributed by atoms with Crippen LogP contribution in [0.25, 0.3) is 0 Å². The van der Waals surface area contributed by atoms with Crippen LogP contribution in [0.3, 0.4) is 0 Å². The smallest absolute Gasteiger partial charge is 0.130 e. The highest BCUT2D eigenvalue weighted by Gasteiger charge is 2.05. The van der Waals surface area contributed by atoms with E-state index in [9.17, 15) is 4.39 Å². The molecule has 0 unspecified atom stereocenters. The number of hydrogen-bond acceptors (Lipinski definition) is 1. The summed E-state index contributed by atoms with van der Waals surface area (Å²) in [7, 11) is 1.64. The number of hydrogen-bond donors (Lipinski definition) is 0. The van der Waals surface area contributed by atoms with Crippen LogP contribution in [-0.4, -0.2) is 13.7 Å². The molecular formula is C12H15FO. The van der Waals surface area contributed by atoms with E-state index in [2.05, 4.69) is 6.58 Å². The van der Waals surface area contributed by atoms with Gasteiger partial charge in [0.05, 0.1) is 6.61 Å². The lowest BCUT2D eigenvalue weighted by Gasteiger charge is -2.00. The molecule has 0 radical (unpaired) electrons. The SMILES string of the molecule is C=CC1=CCC=C(CCOC)C=C1F. The summed E-state index contributed by atoms with van der Waals surface area (Å²) in [4.78, 5) is 0. The summed E-state index contributed by atoms with van der Waals surface area (Å²) in [6.07, 6.45) is 8.44. The normalized spacial score (nSPS) is 16.6. The van der Waals surface area contributed by atoms with E-state index < -0.39 is 0 Å².